The number of hydrogen-bond acceptors (Lipinski definition) is 3. The van der Waals surface area contributed by atoms with Crippen molar-refractivity contribution in [2.45, 2.75) is 32.9 Å². The summed E-state index contributed by atoms with van der Waals surface area (Å²) in [4.78, 5) is 11.9. The molecule has 0 aliphatic carbocycles. The molecule has 0 aliphatic heterocycles. The molecule has 110 valence electrons. The fraction of sp³-hybridized carbons (Fsp3) is 0.278. The van der Waals surface area contributed by atoms with Gasteiger partial charge in [0, 0.05) is 0 Å². The van der Waals surface area contributed by atoms with E-state index in [9.17, 15) is 4.79 Å². The molecule has 0 heterocycles. The summed E-state index contributed by atoms with van der Waals surface area (Å²) in [6.07, 6.45) is 0.496. The number of hydrogen-bond donors (Lipinski definition) is 1. The molecular weight excluding hydrogens is 262 g/mol. The summed E-state index contributed by atoms with van der Waals surface area (Å²) in [7, 11) is 0. The molecule has 21 heavy (non-hydrogen) atoms. The summed E-state index contributed by atoms with van der Waals surface area (Å²) in [5, 5.41) is 0. The molecule has 0 bridgehead atoms. The number of rotatable bonds is 5. The molecule has 0 saturated carbocycles. The standard InChI is InChI=1S/C18H21NO2/c1-13-8-14(2)10-16(9-13)11-17(19)18(20)21-12-15-6-4-3-5-7-15/h3-10,17H,11-12,19H2,1-2H3. The Bertz CT molecular complexity index is 588. The first-order valence-electron chi connectivity index (χ1n) is 7.08. The molecule has 0 saturated heterocycles. The van der Waals surface area contributed by atoms with Crippen LogP contribution in [0.25, 0.3) is 0 Å². The molecule has 0 amide bonds. The summed E-state index contributed by atoms with van der Waals surface area (Å²) in [5.41, 5.74) is 10.3. The minimum absolute atomic E-state index is 0.264. The van der Waals surface area contributed by atoms with Gasteiger partial charge in [-0.1, -0.05) is 59.7 Å². The second-order valence-electron chi connectivity index (χ2n) is 5.40. The van der Waals surface area contributed by atoms with Crippen LogP contribution >= 0.6 is 0 Å². The number of ether oxygens (including phenoxy) is 1. The Kier molecular flexibility index (Phi) is 5.12. The number of aryl methyl sites for hydroxylation is 2. The van der Waals surface area contributed by atoms with Gasteiger partial charge in [0.2, 0.25) is 0 Å². The third kappa shape index (κ3) is 4.72. The zero-order valence-corrected chi connectivity index (χ0v) is 12.5. The average molecular weight is 283 g/mol. The van der Waals surface area contributed by atoms with Crippen LogP contribution in [0.1, 0.15) is 22.3 Å². The predicted molar refractivity (Wildman–Crippen MR) is 83.8 cm³/mol. The lowest BCUT2D eigenvalue weighted by atomic mass is 10.0. The molecule has 3 heteroatoms. The molecule has 2 N–H and O–H groups in total. The fourth-order valence-electron chi connectivity index (χ4n) is 2.36. The maximum Gasteiger partial charge on any atom is 0.323 e. The molecule has 2 aromatic rings. The Morgan fingerprint density at radius 3 is 2.29 bits per heavy atom. The van der Waals surface area contributed by atoms with E-state index in [2.05, 4.69) is 18.2 Å². The number of esters is 1. The van der Waals surface area contributed by atoms with Gasteiger partial charge < -0.3 is 10.5 Å². The lowest BCUT2D eigenvalue weighted by molar-refractivity contribution is -0.146. The molecule has 0 fully saturated rings. The number of carbonyl (C=O) groups excluding carboxylic acids is 1. The van der Waals surface area contributed by atoms with Gasteiger partial charge in [-0.15, -0.1) is 0 Å². The van der Waals surface area contributed by atoms with Gasteiger partial charge in [0.15, 0.2) is 0 Å². The summed E-state index contributed by atoms with van der Waals surface area (Å²) >= 11 is 0. The van der Waals surface area contributed by atoms with Crippen molar-refractivity contribution in [3.8, 4) is 0 Å². The van der Waals surface area contributed by atoms with E-state index in [4.69, 9.17) is 10.5 Å². The number of benzene rings is 2. The van der Waals surface area contributed by atoms with Gasteiger partial charge in [-0.2, -0.15) is 0 Å². The van der Waals surface area contributed by atoms with Crippen molar-refractivity contribution in [1.29, 1.82) is 0 Å². The van der Waals surface area contributed by atoms with Gasteiger partial charge >= 0.3 is 5.97 Å². The number of carbonyl (C=O) groups is 1. The third-order valence-electron chi connectivity index (χ3n) is 3.26. The molecule has 2 rings (SSSR count). The van der Waals surface area contributed by atoms with Gasteiger partial charge in [0.25, 0.3) is 0 Å². The third-order valence-corrected chi connectivity index (χ3v) is 3.26. The van der Waals surface area contributed by atoms with Gasteiger partial charge in [0.1, 0.15) is 12.6 Å². The Hall–Kier alpha value is -2.13. The highest BCUT2D eigenvalue weighted by Gasteiger charge is 2.16. The molecule has 3 nitrogen and oxygen atoms in total. The summed E-state index contributed by atoms with van der Waals surface area (Å²) in [6.45, 7) is 4.34. The quantitative estimate of drug-likeness (QED) is 0.858. The first-order valence-corrected chi connectivity index (χ1v) is 7.08. The molecule has 0 aromatic heterocycles. The minimum atomic E-state index is -0.630. The molecule has 1 unspecified atom stereocenters. The van der Waals surface area contributed by atoms with Crippen molar-refractivity contribution in [3.05, 3.63) is 70.8 Å². The summed E-state index contributed by atoms with van der Waals surface area (Å²) in [5.74, 6) is -0.363. The zero-order chi connectivity index (χ0) is 15.2. The largest absolute Gasteiger partial charge is 0.460 e. The van der Waals surface area contributed by atoms with Crippen molar-refractivity contribution in [1.82, 2.24) is 0 Å². The monoisotopic (exact) mass is 283 g/mol. The molecule has 0 aliphatic rings. The predicted octanol–water partition coefficient (Wildman–Crippen LogP) is 2.92. The van der Waals surface area contributed by atoms with Crippen LogP contribution in [0.4, 0.5) is 0 Å². The van der Waals surface area contributed by atoms with Crippen LogP contribution < -0.4 is 5.73 Å². The number of nitrogens with two attached hydrogens (primary N) is 1. The highest BCUT2D eigenvalue weighted by Crippen LogP contribution is 2.11. The SMILES string of the molecule is Cc1cc(C)cc(CC(N)C(=O)OCc2ccccc2)c1. The maximum absolute atomic E-state index is 11.9. The minimum Gasteiger partial charge on any atom is -0.460 e. The van der Waals surface area contributed by atoms with Crippen LogP contribution in [0.2, 0.25) is 0 Å². The van der Waals surface area contributed by atoms with Crippen LogP contribution in [0.15, 0.2) is 48.5 Å². The van der Waals surface area contributed by atoms with E-state index in [1.54, 1.807) is 0 Å². The summed E-state index contributed by atoms with van der Waals surface area (Å²) in [6, 6.07) is 15.2. The van der Waals surface area contributed by atoms with Gasteiger partial charge in [-0.3, -0.25) is 4.79 Å². The summed E-state index contributed by atoms with van der Waals surface area (Å²) < 4.78 is 5.26. The van der Waals surface area contributed by atoms with Crippen LogP contribution in [-0.4, -0.2) is 12.0 Å². The van der Waals surface area contributed by atoms with E-state index in [1.807, 2.05) is 44.2 Å². The molecule has 0 radical (unpaired) electrons. The highest BCUT2D eigenvalue weighted by molar-refractivity contribution is 5.75. The molecule has 0 spiro atoms. The average Bonchev–Trinajstić information content (AvgIpc) is 2.44. The van der Waals surface area contributed by atoms with Gasteiger partial charge in [-0.25, -0.2) is 0 Å². The Labute approximate surface area is 125 Å². The Morgan fingerprint density at radius 2 is 1.67 bits per heavy atom. The van der Waals surface area contributed by atoms with Crippen molar-refractivity contribution in [3.63, 3.8) is 0 Å². The normalized spacial score (nSPS) is 12.0. The lowest BCUT2D eigenvalue weighted by Crippen LogP contribution is -2.34. The molecular formula is C18H21NO2. The zero-order valence-electron chi connectivity index (χ0n) is 12.5. The van der Waals surface area contributed by atoms with Gasteiger partial charge in [-0.05, 0) is 31.4 Å². The first-order chi connectivity index (χ1) is 10.0. The topological polar surface area (TPSA) is 52.3 Å². The Balaban J connectivity index is 1.90. The van der Waals surface area contributed by atoms with Crippen LogP contribution in [0, 0.1) is 13.8 Å². The Morgan fingerprint density at radius 1 is 1.05 bits per heavy atom. The van der Waals surface area contributed by atoms with E-state index in [0.29, 0.717) is 6.42 Å². The van der Waals surface area contributed by atoms with Crippen LogP contribution in [-0.2, 0) is 22.6 Å². The van der Waals surface area contributed by atoms with Crippen molar-refractivity contribution < 1.29 is 9.53 Å². The fourth-order valence-corrected chi connectivity index (χ4v) is 2.36. The van der Waals surface area contributed by atoms with E-state index < -0.39 is 6.04 Å². The molecule has 1 atom stereocenters. The second kappa shape index (κ2) is 7.04. The van der Waals surface area contributed by atoms with E-state index in [1.165, 1.54) is 11.1 Å². The van der Waals surface area contributed by atoms with E-state index in [-0.39, 0.29) is 12.6 Å². The highest BCUT2D eigenvalue weighted by atomic mass is 16.5. The van der Waals surface area contributed by atoms with Crippen LogP contribution in [0.3, 0.4) is 0 Å². The smallest absolute Gasteiger partial charge is 0.323 e. The first kappa shape index (κ1) is 15.3. The van der Waals surface area contributed by atoms with E-state index in [0.717, 1.165) is 11.1 Å². The van der Waals surface area contributed by atoms with Crippen molar-refractivity contribution in [2.75, 3.05) is 0 Å². The van der Waals surface area contributed by atoms with E-state index >= 15 is 0 Å². The van der Waals surface area contributed by atoms with Crippen LogP contribution in [0.5, 0.6) is 0 Å². The van der Waals surface area contributed by atoms with Gasteiger partial charge in [0.05, 0.1) is 0 Å². The lowest BCUT2D eigenvalue weighted by Gasteiger charge is -2.12. The second-order valence-corrected chi connectivity index (χ2v) is 5.40. The van der Waals surface area contributed by atoms with Crippen molar-refractivity contribution in [2.24, 2.45) is 5.73 Å². The maximum atomic E-state index is 11.9. The van der Waals surface area contributed by atoms with Crippen molar-refractivity contribution >= 4 is 5.97 Å². The molecule has 2 aromatic carbocycles.